The Morgan fingerprint density at radius 1 is 1.42 bits per heavy atom. The van der Waals surface area contributed by atoms with Crippen molar-refractivity contribution in [2.75, 3.05) is 20.0 Å². The highest BCUT2D eigenvalue weighted by atomic mass is 35.5. The van der Waals surface area contributed by atoms with Gasteiger partial charge in [0.2, 0.25) is 0 Å². The van der Waals surface area contributed by atoms with Crippen LogP contribution in [0, 0.1) is 6.92 Å². The minimum absolute atomic E-state index is 0.0179. The van der Waals surface area contributed by atoms with E-state index < -0.39 is 16.1 Å². The minimum atomic E-state index is -3.89. The normalized spacial score (nSPS) is 14.4. The van der Waals surface area contributed by atoms with Crippen molar-refractivity contribution in [3.8, 4) is 11.5 Å². The number of carbonyl (C=O) groups is 1. The third-order valence-electron chi connectivity index (χ3n) is 3.54. The number of allylic oxidation sites excluding steroid dienone is 1. The fraction of sp³-hybridized carbons (Fsp3) is 0.400. The topological polar surface area (TPSA) is 99.1 Å². The number of fused-ring (bicyclic) bond motifs is 1. The highest BCUT2D eigenvalue weighted by molar-refractivity contribution is 7.86. The smallest absolute Gasteiger partial charge is 0.342 e. The first-order chi connectivity index (χ1) is 11.2. The number of ether oxygens (including phenoxy) is 2. The van der Waals surface area contributed by atoms with Crippen molar-refractivity contribution in [1.29, 1.82) is 0 Å². The molecule has 0 saturated heterocycles. The van der Waals surface area contributed by atoms with E-state index in [0.29, 0.717) is 22.4 Å². The summed E-state index contributed by atoms with van der Waals surface area (Å²) < 4.78 is 38.7. The van der Waals surface area contributed by atoms with Gasteiger partial charge in [0, 0.05) is 16.2 Å². The molecule has 1 aromatic rings. The second-order valence-electron chi connectivity index (χ2n) is 5.20. The molecule has 1 heterocycles. The highest BCUT2D eigenvalue weighted by Crippen LogP contribution is 2.43. The summed E-state index contributed by atoms with van der Waals surface area (Å²) >= 11 is 5.80. The molecular formula is C15H17ClO7S. The van der Waals surface area contributed by atoms with Gasteiger partial charge < -0.3 is 18.8 Å². The van der Waals surface area contributed by atoms with Crippen molar-refractivity contribution in [3.63, 3.8) is 0 Å². The Balaban J connectivity index is 2.75. The van der Waals surface area contributed by atoms with Gasteiger partial charge in [-0.1, -0.05) is 17.7 Å². The van der Waals surface area contributed by atoms with E-state index >= 15 is 0 Å². The first kappa shape index (κ1) is 18.6. The van der Waals surface area contributed by atoms with Gasteiger partial charge in [-0.05, 0) is 18.9 Å². The number of benzene rings is 1. The summed E-state index contributed by atoms with van der Waals surface area (Å²) in [5.74, 6) is -0.409. The number of methoxy groups -OCH3 is 1. The first-order valence-electron chi connectivity index (χ1n) is 6.93. The van der Waals surface area contributed by atoms with Crippen LogP contribution in [-0.4, -0.2) is 39.5 Å². The highest BCUT2D eigenvalue weighted by Gasteiger charge is 2.34. The molecule has 1 aliphatic heterocycles. The summed E-state index contributed by atoms with van der Waals surface area (Å²) in [5.41, 5.74) is 1.59. The average Bonchev–Trinajstić information content (AvgIpc) is 2.89. The molecule has 1 aromatic carbocycles. The second kappa shape index (κ2) is 7.00. The molecule has 0 radical (unpaired) electrons. The average molecular weight is 377 g/mol. The Labute approximate surface area is 144 Å². The molecule has 2 rings (SSSR count). The fourth-order valence-electron chi connectivity index (χ4n) is 2.53. The lowest BCUT2D eigenvalue weighted by molar-refractivity contribution is 0.0533. The quantitative estimate of drug-likeness (QED) is 0.595. The Hall–Kier alpha value is -1.77. The Morgan fingerprint density at radius 2 is 2.08 bits per heavy atom. The molecule has 0 aliphatic carbocycles. The van der Waals surface area contributed by atoms with E-state index in [1.54, 1.807) is 6.92 Å². The molecule has 0 saturated carbocycles. The van der Waals surface area contributed by atoms with Gasteiger partial charge in [0.1, 0.15) is 17.9 Å². The molecule has 9 heteroatoms. The van der Waals surface area contributed by atoms with E-state index in [2.05, 4.69) is 0 Å². The lowest BCUT2D eigenvalue weighted by Gasteiger charge is -2.18. The third-order valence-corrected chi connectivity index (χ3v) is 4.28. The molecule has 0 bridgehead atoms. The van der Waals surface area contributed by atoms with Crippen molar-refractivity contribution >= 4 is 27.7 Å². The maximum Gasteiger partial charge on any atom is 0.342 e. The molecule has 0 fully saturated rings. The lowest BCUT2D eigenvalue weighted by Crippen LogP contribution is -2.13. The van der Waals surface area contributed by atoms with Crippen LogP contribution in [-0.2, 0) is 27.9 Å². The van der Waals surface area contributed by atoms with Gasteiger partial charge in [-0.3, -0.25) is 0 Å². The predicted molar refractivity (Wildman–Crippen MR) is 87.0 cm³/mol. The molecule has 7 nitrogen and oxygen atoms in total. The summed E-state index contributed by atoms with van der Waals surface area (Å²) in [6.07, 6.45) is 2.47. The number of carbonyl (C=O) groups excluding carboxylic acids is 1. The number of aliphatic hydroxyl groups is 1. The maximum atomic E-state index is 12.1. The summed E-state index contributed by atoms with van der Waals surface area (Å²) in [6.45, 7) is 1.40. The molecule has 1 N–H and O–H groups in total. The zero-order valence-corrected chi connectivity index (χ0v) is 15.0. The van der Waals surface area contributed by atoms with Crippen LogP contribution in [0.15, 0.2) is 11.1 Å². The first-order valence-corrected chi connectivity index (χ1v) is 9.13. The zero-order chi connectivity index (χ0) is 18.1. The standard InChI is InChI=1S/C15H17ClO7S/c1-8-11-7-22-15(18)12(11)14(23-24(3,19)20)10(13(8)21-2)5-4-9(16)6-17/h4,17H,5-7H2,1-3H3/b9-4-. The van der Waals surface area contributed by atoms with Gasteiger partial charge in [0.15, 0.2) is 5.75 Å². The van der Waals surface area contributed by atoms with E-state index in [1.165, 1.54) is 13.2 Å². The monoisotopic (exact) mass is 376 g/mol. The fourth-order valence-corrected chi connectivity index (χ4v) is 3.09. The van der Waals surface area contributed by atoms with Crippen LogP contribution >= 0.6 is 11.6 Å². The van der Waals surface area contributed by atoms with Crippen LogP contribution in [0.2, 0.25) is 0 Å². The predicted octanol–water partition coefficient (Wildman–Crippen LogP) is 1.67. The van der Waals surface area contributed by atoms with E-state index in [0.717, 1.165) is 6.26 Å². The van der Waals surface area contributed by atoms with Crippen LogP contribution in [0.3, 0.4) is 0 Å². The van der Waals surface area contributed by atoms with Gasteiger partial charge in [-0.2, -0.15) is 8.42 Å². The molecule has 1 aliphatic rings. The molecule has 0 unspecified atom stereocenters. The third kappa shape index (κ3) is 3.66. The molecule has 132 valence electrons. The Morgan fingerprint density at radius 3 is 2.62 bits per heavy atom. The van der Waals surface area contributed by atoms with E-state index in [-0.39, 0.29) is 36.0 Å². The van der Waals surface area contributed by atoms with Crippen molar-refractivity contribution < 1.29 is 32.0 Å². The van der Waals surface area contributed by atoms with Crippen LogP contribution in [0.25, 0.3) is 0 Å². The molecule has 0 amide bonds. The van der Waals surface area contributed by atoms with Gasteiger partial charge in [-0.25, -0.2) is 4.79 Å². The van der Waals surface area contributed by atoms with Crippen LogP contribution < -0.4 is 8.92 Å². The Kier molecular flexibility index (Phi) is 5.42. The van der Waals surface area contributed by atoms with E-state index in [1.807, 2.05) is 0 Å². The second-order valence-corrected chi connectivity index (χ2v) is 7.26. The number of halogens is 1. The van der Waals surface area contributed by atoms with Crippen molar-refractivity contribution in [1.82, 2.24) is 0 Å². The van der Waals surface area contributed by atoms with E-state index in [4.69, 9.17) is 30.4 Å². The van der Waals surface area contributed by atoms with Gasteiger partial charge >= 0.3 is 16.1 Å². The van der Waals surface area contributed by atoms with Crippen molar-refractivity contribution in [2.45, 2.75) is 20.0 Å². The molecule has 0 atom stereocenters. The van der Waals surface area contributed by atoms with Crippen molar-refractivity contribution in [2.24, 2.45) is 0 Å². The SMILES string of the molecule is COc1c(C)c2c(c(OS(C)(=O)=O)c1C/C=C(\Cl)CO)C(=O)OC2. The van der Waals surface area contributed by atoms with Crippen LogP contribution in [0.4, 0.5) is 0 Å². The molecule has 0 spiro atoms. The van der Waals surface area contributed by atoms with E-state index in [9.17, 15) is 13.2 Å². The number of aliphatic hydroxyl groups excluding tert-OH is 1. The summed E-state index contributed by atoms with van der Waals surface area (Å²) in [7, 11) is -2.46. The molecular weight excluding hydrogens is 360 g/mol. The van der Waals surface area contributed by atoms with Crippen molar-refractivity contribution in [3.05, 3.63) is 33.4 Å². The molecule has 0 aromatic heterocycles. The largest absolute Gasteiger partial charge is 0.496 e. The Bertz CT molecular complexity index is 812. The van der Waals surface area contributed by atoms with Gasteiger partial charge in [0.05, 0.1) is 20.0 Å². The lowest BCUT2D eigenvalue weighted by atomic mass is 9.95. The summed E-state index contributed by atoms with van der Waals surface area (Å²) in [4.78, 5) is 12.1. The number of hydrogen-bond acceptors (Lipinski definition) is 7. The zero-order valence-electron chi connectivity index (χ0n) is 13.4. The number of cyclic esters (lactones) is 1. The van der Waals surface area contributed by atoms with Crippen LogP contribution in [0.1, 0.15) is 27.0 Å². The minimum Gasteiger partial charge on any atom is -0.496 e. The van der Waals surface area contributed by atoms with Gasteiger partial charge in [0.25, 0.3) is 0 Å². The number of hydrogen-bond donors (Lipinski definition) is 1. The van der Waals surface area contributed by atoms with Gasteiger partial charge in [-0.15, -0.1) is 0 Å². The summed E-state index contributed by atoms with van der Waals surface area (Å²) in [5, 5.41) is 9.18. The van der Waals surface area contributed by atoms with Crippen LogP contribution in [0.5, 0.6) is 11.5 Å². The molecule has 24 heavy (non-hydrogen) atoms. The summed E-state index contributed by atoms with van der Waals surface area (Å²) in [6, 6.07) is 0. The number of rotatable bonds is 6. The maximum absolute atomic E-state index is 12.1. The number of esters is 1.